The first kappa shape index (κ1) is 14.9. The van der Waals surface area contributed by atoms with E-state index in [4.69, 9.17) is 11.6 Å². The lowest BCUT2D eigenvalue weighted by atomic mass is 10.1. The van der Waals surface area contributed by atoms with E-state index >= 15 is 0 Å². The van der Waals surface area contributed by atoms with Crippen molar-refractivity contribution >= 4 is 11.6 Å². The molecule has 0 radical (unpaired) electrons. The van der Waals surface area contributed by atoms with Crippen LogP contribution in [0, 0.1) is 25.5 Å². The van der Waals surface area contributed by atoms with Gasteiger partial charge >= 0.3 is 0 Å². The smallest absolute Gasteiger partial charge is 0.129 e. The molecule has 0 aromatic heterocycles. The van der Waals surface area contributed by atoms with Crippen molar-refractivity contribution in [2.75, 3.05) is 0 Å². The highest BCUT2D eigenvalue weighted by atomic mass is 35.5. The fourth-order valence-electron chi connectivity index (χ4n) is 2.14. The fourth-order valence-corrected chi connectivity index (χ4v) is 2.38. The summed E-state index contributed by atoms with van der Waals surface area (Å²) >= 11 is 5.95. The van der Waals surface area contributed by atoms with E-state index in [0.717, 1.165) is 11.1 Å². The van der Waals surface area contributed by atoms with Crippen LogP contribution < -0.4 is 5.32 Å². The van der Waals surface area contributed by atoms with Crippen LogP contribution in [0.2, 0.25) is 5.02 Å². The van der Waals surface area contributed by atoms with Gasteiger partial charge in [0.1, 0.15) is 11.6 Å². The zero-order chi connectivity index (χ0) is 14.7. The van der Waals surface area contributed by atoms with Crippen LogP contribution in [0.3, 0.4) is 0 Å². The number of hydrogen-bond donors (Lipinski definition) is 1. The summed E-state index contributed by atoms with van der Waals surface area (Å²) in [5.41, 5.74) is 3.13. The highest BCUT2D eigenvalue weighted by Crippen LogP contribution is 2.18. The molecule has 2 aromatic rings. The normalized spacial score (nSPS) is 10.8. The summed E-state index contributed by atoms with van der Waals surface area (Å²) in [4.78, 5) is 0. The standard InChI is InChI=1S/C16H16ClF2N/c1-10-5-12(6-11(2)16(10)19)8-20-9-13-3-4-14(18)7-15(13)17/h3-7,20H,8-9H2,1-2H3. The first-order chi connectivity index (χ1) is 9.47. The van der Waals surface area contributed by atoms with E-state index in [1.165, 1.54) is 12.1 Å². The third-order valence-electron chi connectivity index (χ3n) is 3.16. The Hall–Kier alpha value is -1.45. The Morgan fingerprint density at radius 1 is 1.00 bits per heavy atom. The van der Waals surface area contributed by atoms with E-state index in [-0.39, 0.29) is 11.6 Å². The third kappa shape index (κ3) is 3.56. The van der Waals surface area contributed by atoms with E-state index in [2.05, 4.69) is 5.32 Å². The molecule has 0 fully saturated rings. The molecule has 0 unspecified atom stereocenters. The first-order valence-electron chi connectivity index (χ1n) is 6.37. The number of hydrogen-bond acceptors (Lipinski definition) is 1. The summed E-state index contributed by atoms with van der Waals surface area (Å²) in [5.74, 6) is -0.501. The predicted molar refractivity (Wildman–Crippen MR) is 77.8 cm³/mol. The van der Waals surface area contributed by atoms with Gasteiger partial charge < -0.3 is 5.32 Å². The van der Waals surface area contributed by atoms with Gasteiger partial charge in [-0.3, -0.25) is 0 Å². The van der Waals surface area contributed by atoms with Gasteiger partial charge in [-0.2, -0.15) is 0 Å². The van der Waals surface area contributed by atoms with Gasteiger partial charge in [0.25, 0.3) is 0 Å². The molecule has 0 spiro atoms. The zero-order valence-electron chi connectivity index (χ0n) is 11.4. The Balaban J connectivity index is 1.99. The first-order valence-corrected chi connectivity index (χ1v) is 6.75. The summed E-state index contributed by atoms with van der Waals surface area (Å²) in [6, 6.07) is 7.98. The number of benzene rings is 2. The lowest BCUT2D eigenvalue weighted by molar-refractivity contribution is 0.606. The zero-order valence-corrected chi connectivity index (χ0v) is 12.2. The van der Waals surface area contributed by atoms with E-state index in [0.29, 0.717) is 29.2 Å². The minimum Gasteiger partial charge on any atom is -0.309 e. The summed E-state index contributed by atoms with van der Waals surface area (Å²) in [6.45, 7) is 4.65. The van der Waals surface area contributed by atoms with E-state index in [1.54, 1.807) is 19.9 Å². The maximum absolute atomic E-state index is 13.5. The molecule has 0 aliphatic carbocycles. The van der Waals surface area contributed by atoms with E-state index in [1.807, 2.05) is 12.1 Å². The lowest BCUT2D eigenvalue weighted by Gasteiger charge is -2.09. The highest BCUT2D eigenvalue weighted by Gasteiger charge is 2.05. The topological polar surface area (TPSA) is 12.0 Å². The monoisotopic (exact) mass is 295 g/mol. The molecule has 0 amide bonds. The molecule has 0 saturated heterocycles. The van der Waals surface area contributed by atoms with Gasteiger partial charge in [0, 0.05) is 18.1 Å². The van der Waals surface area contributed by atoms with E-state index < -0.39 is 0 Å². The van der Waals surface area contributed by atoms with Crippen LogP contribution in [0.15, 0.2) is 30.3 Å². The van der Waals surface area contributed by atoms with Crippen molar-refractivity contribution in [3.8, 4) is 0 Å². The second kappa shape index (κ2) is 6.33. The average Bonchev–Trinajstić information content (AvgIpc) is 2.38. The number of rotatable bonds is 4. The summed E-state index contributed by atoms with van der Waals surface area (Å²) in [5, 5.41) is 3.63. The van der Waals surface area contributed by atoms with Crippen molar-refractivity contribution in [2.24, 2.45) is 0 Å². The summed E-state index contributed by atoms with van der Waals surface area (Å²) < 4.78 is 26.4. The SMILES string of the molecule is Cc1cc(CNCc2ccc(F)cc2Cl)cc(C)c1F. The molecular formula is C16H16ClF2N. The van der Waals surface area contributed by atoms with Crippen LogP contribution in [0.5, 0.6) is 0 Å². The molecule has 0 heterocycles. The molecular weight excluding hydrogens is 280 g/mol. The fraction of sp³-hybridized carbons (Fsp3) is 0.250. The lowest BCUT2D eigenvalue weighted by Crippen LogP contribution is -2.13. The van der Waals surface area contributed by atoms with Crippen molar-refractivity contribution < 1.29 is 8.78 Å². The molecule has 0 aliphatic rings. The average molecular weight is 296 g/mol. The molecule has 2 aromatic carbocycles. The van der Waals surface area contributed by atoms with Gasteiger partial charge in [0.05, 0.1) is 0 Å². The number of nitrogens with one attached hydrogen (secondary N) is 1. The van der Waals surface area contributed by atoms with Gasteiger partial charge in [0.15, 0.2) is 0 Å². The maximum atomic E-state index is 13.5. The molecule has 106 valence electrons. The van der Waals surface area contributed by atoms with Crippen LogP contribution in [-0.2, 0) is 13.1 Å². The Morgan fingerprint density at radius 3 is 2.25 bits per heavy atom. The number of aryl methyl sites for hydroxylation is 2. The Labute approximate surface area is 122 Å². The van der Waals surface area contributed by atoms with Crippen molar-refractivity contribution in [3.05, 3.63) is 69.2 Å². The van der Waals surface area contributed by atoms with Gasteiger partial charge in [-0.15, -0.1) is 0 Å². The Morgan fingerprint density at radius 2 is 1.65 bits per heavy atom. The van der Waals surface area contributed by atoms with E-state index in [9.17, 15) is 8.78 Å². The van der Waals surface area contributed by atoms with Crippen LogP contribution in [-0.4, -0.2) is 0 Å². The van der Waals surface area contributed by atoms with Crippen LogP contribution in [0.4, 0.5) is 8.78 Å². The second-order valence-electron chi connectivity index (χ2n) is 4.88. The van der Waals surface area contributed by atoms with Crippen LogP contribution >= 0.6 is 11.6 Å². The minimum atomic E-state index is -0.344. The molecule has 0 aliphatic heterocycles. The van der Waals surface area contributed by atoms with Gasteiger partial charge in [-0.05, 0) is 48.2 Å². The molecule has 0 saturated carbocycles. The van der Waals surface area contributed by atoms with Gasteiger partial charge in [-0.1, -0.05) is 29.8 Å². The quantitative estimate of drug-likeness (QED) is 0.874. The third-order valence-corrected chi connectivity index (χ3v) is 3.51. The maximum Gasteiger partial charge on any atom is 0.129 e. The largest absolute Gasteiger partial charge is 0.309 e. The summed E-state index contributed by atoms with van der Waals surface area (Å²) in [6.07, 6.45) is 0. The molecule has 1 N–H and O–H groups in total. The predicted octanol–water partition coefficient (Wildman–Crippen LogP) is 4.52. The second-order valence-corrected chi connectivity index (χ2v) is 5.29. The minimum absolute atomic E-state index is 0.157. The van der Waals surface area contributed by atoms with Crippen molar-refractivity contribution in [2.45, 2.75) is 26.9 Å². The van der Waals surface area contributed by atoms with Crippen LogP contribution in [0.25, 0.3) is 0 Å². The molecule has 0 atom stereocenters. The number of halogens is 3. The Kier molecular flexibility index (Phi) is 4.73. The van der Waals surface area contributed by atoms with Gasteiger partial charge in [-0.25, -0.2) is 8.78 Å². The Bertz CT molecular complexity index is 603. The molecule has 2 rings (SSSR count). The van der Waals surface area contributed by atoms with Crippen LogP contribution in [0.1, 0.15) is 22.3 Å². The summed E-state index contributed by atoms with van der Waals surface area (Å²) in [7, 11) is 0. The molecule has 1 nitrogen and oxygen atoms in total. The highest BCUT2D eigenvalue weighted by molar-refractivity contribution is 6.31. The van der Waals surface area contributed by atoms with Crippen molar-refractivity contribution in [1.29, 1.82) is 0 Å². The molecule has 4 heteroatoms. The molecule has 0 bridgehead atoms. The van der Waals surface area contributed by atoms with Crippen molar-refractivity contribution in [1.82, 2.24) is 5.32 Å². The van der Waals surface area contributed by atoms with Gasteiger partial charge in [0.2, 0.25) is 0 Å². The van der Waals surface area contributed by atoms with Crippen molar-refractivity contribution in [3.63, 3.8) is 0 Å². The molecule has 20 heavy (non-hydrogen) atoms.